The minimum absolute atomic E-state index is 0.108. The highest BCUT2D eigenvalue weighted by Gasteiger charge is 2.63. The third-order valence-electron chi connectivity index (χ3n) is 5.31. The van der Waals surface area contributed by atoms with Gasteiger partial charge in [0.25, 0.3) is 11.3 Å². The average molecular weight is 540 g/mol. The molecule has 0 aliphatic carbocycles. The van der Waals surface area contributed by atoms with Gasteiger partial charge >= 0.3 is 18.5 Å². The molecular formula is C19H9F9N6O3. The molecule has 0 N–H and O–H groups in total. The van der Waals surface area contributed by atoms with E-state index in [0.717, 1.165) is 29.3 Å². The number of hydrogen-bond donors (Lipinski definition) is 0. The molecule has 0 bridgehead atoms. The van der Waals surface area contributed by atoms with Crippen molar-refractivity contribution in [1.29, 1.82) is 0 Å². The van der Waals surface area contributed by atoms with Crippen LogP contribution in [0.3, 0.4) is 0 Å². The number of hydrogen-bond acceptors (Lipinski definition) is 7. The van der Waals surface area contributed by atoms with E-state index in [1.54, 1.807) is 0 Å². The molecule has 196 valence electrons. The summed E-state index contributed by atoms with van der Waals surface area (Å²) in [5, 5.41) is 25.2. The van der Waals surface area contributed by atoms with Crippen molar-refractivity contribution in [2.24, 2.45) is 5.16 Å². The summed E-state index contributed by atoms with van der Waals surface area (Å²) in [6.07, 6.45) is -16.8. The second-order valence-electron chi connectivity index (χ2n) is 7.61. The Morgan fingerprint density at radius 1 is 0.946 bits per heavy atom. The van der Waals surface area contributed by atoms with Crippen LogP contribution in [0.5, 0.6) is 0 Å². The lowest BCUT2D eigenvalue weighted by Crippen LogP contribution is -2.43. The second kappa shape index (κ2) is 8.41. The molecule has 0 fully saturated rings. The predicted octanol–water partition coefficient (Wildman–Crippen LogP) is 5.19. The molecule has 1 unspecified atom stereocenters. The van der Waals surface area contributed by atoms with E-state index in [2.05, 4.69) is 25.4 Å². The Morgan fingerprint density at radius 2 is 1.57 bits per heavy atom. The first-order valence-electron chi connectivity index (χ1n) is 9.67. The molecule has 1 atom stereocenters. The van der Waals surface area contributed by atoms with Gasteiger partial charge in [0.1, 0.15) is 0 Å². The van der Waals surface area contributed by atoms with Crippen LogP contribution in [0, 0.1) is 10.1 Å². The van der Waals surface area contributed by atoms with Gasteiger partial charge in [-0.25, -0.2) is 0 Å². The van der Waals surface area contributed by atoms with Gasteiger partial charge in [0.2, 0.25) is 0 Å². The maximum atomic E-state index is 14.2. The summed E-state index contributed by atoms with van der Waals surface area (Å²) in [5.41, 5.74) is -11.1. The number of benzene rings is 2. The maximum Gasteiger partial charge on any atom is 0.435 e. The molecule has 1 aliphatic heterocycles. The van der Waals surface area contributed by atoms with Gasteiger partial charge in [0.15, 0.2) is 12.0 Å². The predicted molar refractivity (Wildman–Crippen MR) is 102 cm³/mol. The molecule has 2 heterocycles. The highest BCUT2D eigenvalue weighted by molar-refractivity contribution is 6.02. The van der Waals surface area contributed by atoms with Gasteiger partial charge in [-0.05, 0) is 29.5 Å². The van der Waals surface area contributed by atoms with E-state index in [9.17, 15) is 49.6 Å². The van der Waals surface area contributed by atoms with Crippen molar-refractivity contribution in [2.75, 3.05) is 0 Å². The number of halogens is 9. The smallest absolute Gasteiger partial charge is 0.374 e. The summed E-state index contributed by atoms with van der Waals surface area (Å²) < 4.78 is 122. The van der Waals surface area contributed by atoms with Crippen LogP contribution in [0.25, 0.3) is 5.69 Å². The molecule has 0 radical (unpaired) electrons. The molecule has 0 amide bonds. The molecular weight excluding hydrogens is 531 g/mol. The summed E-state index contributed by atoms with van der Waals surface area (Å²) in [7, 11) is 0. The maximum absolute atomic E-state index is 14.2. The van der Waals surface area contributed by atoms with Gasteiger partial charge in [-0.2, -0.15) is 39.5 Å². The van der Waals surface area contributed by atoms with Crippen molar-refractivity contribution in [3.8, 4) is 5.69 Å². The first-order valence-corrected chi connectivity index (χ1v) is 9.67. The molecule has 37 heavy (non-hydrogen) atoms. The SMILES string of the molecule is O=[N+]([O-])c1cc(C2=NOC(c3cc(C(F)(F)F)cc(C(F)(F)F)c3)(C(F)(F)F)C2)ccc1-n1ncnn1. The molecule has 0 saturated heterocycles. The minimum atomic E-state index is -5.55. The fourth-order valence-corrected chi connectivity index (χ4v) is 3.54. The molecule has 4 rings (SSSR count). The quantitative estimate of drug-likeness (QED) is 0.256. The molecule has 1 aliphatic rings. The van der Waals surface area contributed by atoms with Crippen LogP contribution >= 0.6 is 0 Å². The summed E-state index contributed by atoms with van der Waals surface area (Å²) in [6, 6.07) is 2.34. The van der Waals surface area contributed by atoms with Crippen molar-refractivity contribution in [1.82, 2.24) is 20.2 Å². The molecule has 18 heteroatoms. The Morgan fingerprint density at radius 3 is 2.05 bits per heavy atom. The van der Waals surface area contributed by atoms with E-state index in [1.165, 1.54) is 0 Å². The van der Waals surface area contributed by atoms with Gasteiger partial charge in [0, 0.05) is 23.6 Å². The number of tetrazole rings is 1. The highest BCUT2D eigenvalue weighted by atomic mass is 19.4. The fourth-order valence-electron chi connectivity index (χ4n) is 3.54. The number of nitrogens with zero attached hydrogens (tertiary/aromatic N) is 6. The number of nitro benzene ring substituents is 1. The van der Waals surface area contributed by atoms with E-state index in [-0.39, 0.29) is 29.4 Å². The van der Waals surface area contributed by atoms with Gasteiger partial charge in [-0.1, -0.05) is 11.2 Å². The monoisotopic (exact) mass is 540 g/mol. The number of aromatic nitrogens is 4. The third-order valence-corrected chi connectivity index (χ3v) is 5.31. The lowest BCUT2D eigenvalue weighted by molar-refractivity contribution is -0.384. The molecule has 9 nitrogen and oxygen atoms in total. The zero-order valence-corrected chi connectivity index (χ0v) is 17.6. The van der Waals surface area contributed by atoms with E-state index in [4.69, 9.17) is 0 Å². The summed E-state index contributed by atoms with van der Waals surface area (Å²) in [6.45, 7) is 0. The Labute approximate surface area is 198 Å². The Bertz CT molecular complexity index is 1350. The van der Waals surface area contributed by atoms with Crippen molar-refractivity contribution >= 4 is 11.4 Å². The van der Waals surface area contributed by atoms with Crippen LogP contribution in [0.15, 0.2) is 47.9 Å². The first kappa shape index (κ1) is 25.8. The summed E-state index contributed by atoms with van der Waals surface area (Å²) >= 11 is 0. The van der Waals surface area contributed by atoms with Crippen molar-refractivity contribution < 1.29 is 49.3 Å². The van der Waals surface area contributed by atoms with Gasteiger partial charge in [-0.15, -0.1) is 15.0 Å². The second-order valence-corrected chi connectivity index (χ2v) is 7.61. The standard InChI is InChI=1S/C19H9F9N6O3/c20-17(21,22)11-4-10(5-12(6-11)18(23,24)25)16(19(26,27)28)7-13(31-37-16)9-1-2-14(15(3-9)34(35)36)33-30-8-29-32-33/h1-6,8H,7H2. The molecule has 0 saturated carbocycles. The number of rotatable bonds is 4. The van der Waals surface area contributed by atoms with Crippen molar-refractivity contribution in [3.63, 3.8) is 0 Å². The molecule has 2 aromatic carbocycles. The van der Waals surface area contributed by atoms with E-state index in [0.29, 0.717) is 0 Å². The van der Waals surface area contributed by atoms with Crippen LogP contribution in [0.2, 0.25) is 0 Å². The third kappa shape index (κ3) is 4.65. The zero-order chi connectivity index (χ0) is 27.4. The Hall–Kier alpha value is -4.25. The molecule has 3 aromatic rings. The van der Waals surface area contributed by atoms with Gasteiger partial charge in [0.05, 0.1) is 21.8 Å². The first-order chi connectivity index (χ1) is 17.0. The summed E-state index contributed by atoms with van der Waals surface area (Å²) in [5.74, 6) is 0. The Kier molecular flexibility index (Phi) is 5.87. The van der Waals surface area contributed by atoms with Crippen molar-refractivity contribution in [3.05, 3.63) is 75.1 Å². The van der Waals surface area contributed by atoms with E-state index in [1.807, 2.05) is 0 Å². The average Bonchev–Trinajstić information content (AvgIpc) is 3.48. The lowest BCUT2D eigenvalue weighted by atomic mass is 9.84. The highest BCUT2D eigenvalue weighted by Crippen LogP contribution is 2.51. The molecule has 1 aromatic heterocycles. The van der Waals surface area contributed by atoms with Crippen LogP contribution in [0.4, 0.5) is 45.2 Å². The normalized spacial score (nSPS) is 18.5. The number of nitro groups is 1. The fraction of sp³-hybridized carbons (Fsp3) is 0.263. The topological polar surface area (TPSA) is 108 Å². The van der Waals surface area contributed by atoms with Gasteiger partial charge < -0.3 is 4.84 Å². The Balaban J connectivity index is 1.82. The largest absolute Gasteiger partial charge is 0.435 e. The lowest BCUT2D eigenvalue weighted by Gasteiger charge is -2.30. The van der Waals surface area contributed by atoms with Crippen LogP contribution in [0.1, 0.15) is 28.7 Å². The van der Waals surface area contributed by atoms with Crippen LogP contribution < -0.4 is 0 Å². The number of oxime groups is 1. The minimum Gasteiger partial charge on any atom is -0.374 e. The van der Waals surface area contributed by atoms with Gasteiger partial charge in [-0.3, -0.25) is 10.1 Å². The van der Waals surface area contributed by atoms with Crippen LogP contribution in [-0.2, 0) is 22.8 Å². The summed E-state index contributed by atoms with van der Waals surface area (Å²) in [4.78, 5) is 15.8. The number of alkyl halides is 9. The van der Waals surface area contributed by atoms with E-state index < -0.39 is 63.6 Å². The molecule has 0 spiro atoms. The van der Waals surface area contributed by atoms with Crippen LogP contribution in [-0.4, -0.2) is 37.0 Å². The van der Waals surface area contributed by atoms with Crippen molar-refractivity contribution in [2.45, 2.75) is 30.6 Å². The van der Waals surface area contributed by atoms with E-state index >= 15 is 0 Å². The zero-order valence-electron chi connectivity index (χ0n) is 17.6.